The number of fused-ring (bicyclic) bond motifs is 2. The molecule has 1 spiro atoms. The first-order valence-electron chi connectivity index (χ1n) is 9.98. The number of halogens is 1. The minimum Gasteiger partial charge on any atom is -0.368 e. The minimum atomic E-state index is -0.547. The summed E-state index contributed by atoms with van der Waals surface area (Å²) >= 11 is 0. The van der Waals surface area contributed by atoms with E-state index in [2.05, 4.69) is 9.97 Å². The van der Waals surface area contributed by atoms with Gasteiger partial charge in [0.05, 0.1) is 47.7 Å². The van der Waals surface area contributed by atoms with Gasteiger partial charge in [0.25, 0.3) is 0 Å². The summed E-state index contributed by atoms with van der Waals surface area (Å²) in [5, 5.41) is 0. The van der Waals surface area contributed by atoms with Gasteiger partial charge in [0.1, 0.15) is 11.6 Å². The standard InChI is InChI=1S/C20H24FN5O3/c1-25(9-15-23-12-3-2-11(21)8-13(12)24-15)18(27)16-14-4-5-20(29-14)10-26(7-6-22)19(28)17(16)20/h2-3,8,14,16-17H,4-7,9-10,22H2,1H3,(H,23,24)/t14-,16-,17+,20-/m0/s1. The maximum atomic E-state index is 13.4. The largest absolute Gasteiger partial charge is 0.368 e. The lowest BCUT2D eigenvalue weighted by Gasteiger charge is -2.29. The Balaban J connectivity index is 1.36. The van der Waals surface area contributed by atoms with Gasteiger partial charge in [0.15, 0.2) is 0 Å². The van der Waals surface area contributed by atoms with E-state index in [1.54, 1.807) is 22.9 Å². The summed E-state index contributed by atoms with van der Waals surface area (Å²) in [5.74, 6) is -0.829. The molecule has 3 aliphatic rings. The molecule has 0 aliphatic carbocycles. The van der Waals surface area contributed by atoms with Crippen molar-refractivity contribution in [3.63, 3.8) is 0 Å². The van der Waals surface area contributed by atoms with E-state index in [4.69, 9.17) is 10.5 Å². The van der Waals surface area contributed by atoms with Crippen LogP contribution in [0.5, 0.6) is 0 Å². The Kier molecular flexibility index (Phi) is 4.15. The number of aromatic amines is 1. The van der Waals surface area contributed by atoms with Crippen molar-refractivity contribution in [1.29, 1.82) is 0 Å². The second kappa shape index (κ2) is 6.50. The Hall–Kier alpha value is -2.52. The van der Waals surface area contributed by atoms with E-state index in [-0.39, 0.29) is 30.3 Å². The molecule has 5 rings (SSSR count). The Morgan fingerprint density at radius 3 is 3.14 bits per heavy atom. The van der Waals surface area contributed by atoms with Crippen molar-refractivity contribution in [2.24, 2.45) is 17.6 Å². The highest BCUT2D eigenvalue weighted by Crippen LogP contribution is 2.55. The lowest BCUT2D eigenvalue weighted by Crippen LogP contribution is -2.46. The van der Waals surface area contributed by atoms with Crippen LogP contribution in [-0.2, 0) is 20.9 Å². The van der Waals surface area contributed by atoms with E-state index in [1.807, 2.05) is 0 Å². The first-order chi connectivity index (χ1) is 13.9. The molecule has 1 aromatic carbocycles. The van der Waals surface area contributed by atoms with Crippen LogP contribution in [0, 0.1) is 17.7 Å². The number of imidazole rings is 1. The maximum Gasteiger partial charge on any atom is 0.229 e. The zero-order chi connectivity index (χ0) is 20.3. The quantitative estimate of drug-likeness (QED) is 0.765. The number of ether oxygens (including phenoxy) is 1. The van der Waals surface area contributed by atoms with Gasteiger partial charge in [-0.2, -0.15) is 0 Å². The van der Waals surface area contributed by atoms with Crippen LogP contribution < -0.4 is 5.73 Å². The SMILES string of the molecule is CN(Cc1nc2ccc(F)cc2[nH]1)C(=O)[C@H]1[C@@H]2CC[C@@]3(CN(CCN)C(=O)[C@@H]13)O2. The van der Waals surface area contributed by atoms with Crippen LogP contribution >= 0.6 is 0 Å². The topological polar surface area (TPSA) is 105 Å². The average Bonchev–Trinajstić information content (AvgIpc) is 3.41. The van der Waals surface area contributed by atoms with Crippen LogP contribution in [0.25, 0.3) is 11.0 Å². The number of amides is 2. The maximum absolute atomic E-state index is 13.4. The number of hydrogen-bond acceptors (Lipinski definition) is 5. The van der Waals surface area contributed by atoms with Gasteiger partial charge < -0.3 is 25.3 Å². The molecule has 1 aromatic heterocycles. The molecule has 29 heavy (non-hydrogen) atoms. The number of carbonyl (C=O) groups is 2. The molecule has 8 nitrogen and oxygen atoms in total. The van der Waals surface area contributed by atoms with E-state index < -0.39 is 17.4 Å². The highest BCUT2D eigenvalue weighted by molar-refractivity contribution is 5.92. The van der Waals surface area contributed by atoms with E-state index in [1.165, 1.54) is 12.1 Å². The summed E-state index contributed by atoms with van der Waals surface area (Å²) in [5.41, 5.74) is 6.33. The highest BCUT2D eigenvalue weighted by atomic mass is 19.1. The molecule has 0 radical (unpaired) electrons. The first-order valence-corrected chi connectivity index (χ1v) is 9.98. The number of rotatable bonds is 5. The third kappa shape index (κ3) is 2.75. The molecule has 154 valence electrons. The first kappa shape index (κ1) is 18.5. The van der Waals surface area contributed by atoms with Gasteiger partial charge in [0, 0.05) is 20.1 Å². The van der Waals surface area contributed by atoms with Crippen LogP contribution in [0.1, 0.15) is 18.7 Å². The fourth-order valence-corrected chi connectivity index (χ4v) is 5.33. The number of nitrogens with one attached hydrogen (secondary N) is 1. The van der Waals surface area contributed by atoms with E-state index >= 15 is 0 Å². The predicted octanol–water partition coefficient (Wildman–Crippen LogP) is 0.625. The van der Waals surface area contributed by atoms with Gasteiger partial charge >= 0.3 is 0 Å². The van der Waals surface area contributed by atoms with Crippen molar-refractivity contribution in [2.75, 3.05) is 26.7 Å². The summed E-state index contributed by atoms with van der Waals surface area (Å²) in [4.78, 5) is 37.1. The van der Waals surface area contributed by atoms with E-state index in [0.29, 0.717) is 36.5 Å². The number of benzene rings is 1. The zero-order valence-electron chi connectivity index (χ0n) is 16.2. The summed E-state index contributed by atoms with van der Waals surface area (Å²) in [6.45, 7) is 1.64. The molecule has 2 amide bonds. The number of likely N-dealkylation sites (tertiary alicyclic amines) is 1. The third-order valence-electron chi connectivity index (χ3n) is 6.54. The molecule has 3 saturated heterocycles. The van der Waals surface area contributed by atoms with Crippen molar-refractivity contribution in [3.05, 3.63) is 29.8 Å². The zero-order valence-corrected chi connectivity index (χ0v) is 16.2. The summed E-state index contributed by atoms with van der Waals surface area (Å²) in [6, 6.07) is 4.33. The summed E-state index contributed by atoms with van der Waals surface area (Å²) < 4.78 is 19.6. The third-order valence-corrected chi connectivity index (χ3v) is 6.54. The summed E-state index contributed by atoms with van der Waals surface area (Å²) in [6.07, 6.45) is 1.37. The monoisotopic (exact) mass is 401 g/mol. The van der Waals surface area contributed by atoms with Crippen molar-refractivity contribution >= 4 is 22.8 Å². The molecular formula is C20H24FN5O3. The van der Waals surface area contributed by atoms with Crippen molar-refractivity contribution in [2.45, 2.75) is 31.1 Å². The average molecular weight is 401 g/mol. The minimum absolute atomic E-state index is 0.0244. The molecule has 0 saturated carbocycles. The van der Waals surface area contributed by atoms with Gasteiger partial charge in [-0.1, -0.05) is 0 Å². The lowest BCUT2D eigenvalue weighted by molar-refractivity contribution is -0.143. The lowest BCUT2D eigenvalue weighted by atomic mass is 9.72. The van der Waals surface area contributed by atoms with E-state index in [0.717, 1.165) is 12.8 Å². The van der Waals surface area contributed by atoms with Crippen molar-refractivity contribution in [1.82, 2.24) is 19.8 Å². The molecule has 4 atom stereocenters. The summed E-state index contributed by atoms with van der Waals surface area (Å²) in [7, 11) is 1.70. The normalized spacial score (nSPS) is 30.4. The smallest absolute Gasteiger partial charge is 0.229 e. The molecule has 4 heterocycles. The second-order valence-electron chi connectivity index (χ2n) is 8.35. The van der Waals surface area contributed by atoms with Crippen molar-refractivity contribution < 1.29 is 18.7 Å². The number of H-pyrrole nitrogens is 1. The Labute approximate surface area is 167 Å². The second-order valence-corrected chi connectivity index (χ2v) is 8.35. The molecule has 3 N–H and O–H groups in total. The molecule has 3 aliphatic heterocycles. The number of nitrogens with two attached hydrogens (primary N) is 1. The van der Waals surface area contributed by atoms with Crippen molar-refractivity contribution in [3.8, 4) is 0 Å². The van der Waals surface area contributed by atoms with Crippen LogP contribution in [-0.4, -0.2) is 70.0 Å². The molecule has 3 fully saturated rings. The van der Waals surface area contributed by atoms with Crippen LogP contribution in [0.15, 0.2) is 18.2 Å². The number of aromatic nitrogens is 2. The van der Waals surface area contributed by atoms with Gasteiger partial charge in [-0.25, -0.2) is 9.37 Å². The number of hydrogen-bond donors (Lipinski definition) is 2. The fraction of sp³-hybridized carbons (Fsp3) is 0.550. The molecule has 2 bridgehead atoms. The Morgan fingerprint density at radius 1 is 1.52 bits per heavy atom. The Bertz CT molecular complexity index is 994. The fourth-order valence-electron chi connectivity index (χ4n) is 5.33. The molecule has 0 unspecified atom stereocenters. The molecule has 9 heteroatoms. The van der Waals surface area contributed by atoms with Gasteiger partial charge in [0.2, 0.25) is 11.8 Å². The van der Waals surface area contributed by atoms with Crippen LogP contribution in [0.4, 0.5) is 4.39 Å². The number of nitrogens with zero attached hydrogens (tertiary/aromatic N) is 3. The van der Waals surface area contributed by atoms with Crippen LogP contribution in [0.2, 0.25) is 0 Å². The molecule has 2 aromatic rings. The van der Waals surface area contributed by atoms with Crippen LogP contribution in [0.3, 0.4) is 0 Å². The number of carbonyl (C=O) groups excluding carboxylic acids is 2. The van der Waals surface area contributed by atoms with Gasteiger partial charge in [-0.3, -0.25) is 9.59 Å². The van der Waals surface area contributed by atoms with Gasteiger partial charge in [-0.15, -0.1) is 0 Å². The Morgan fingerprint density at radius 2 is 2.34 bits per heavy atom. The van der Waals surface area contributed by atoms with Gasteiger partial charge in [-0.05, 0) is 31.0 Å². The predicted molar refractivity (Wildman–Crippen MR) is 102 cm³/mol. The molecular weight excluding hydrogens is 377 g/mol. The van der Waals surface area contributed by atoms with E-state index in [9.17, 15) is 14.0 Å². The highest BCUT2D eigenvalue weighted by Gasteiger charge is 2.68.